The second-order valence-corrected chi connectivity index (χ2v) is 5.20. The molecular weight excluding hydrogens is 256 g/mol. The van der Waals surface area contributed by atoms with Gasteiger partial charge in [0.2, 0.25) is 0 Å². The summed E-state index contributed by atoms with van der Waals surface area (Å²) in [5.41, 5.74) is 0.0389. The zero-order valence-corrected chi connectivity index (χ0v) is 11.8. The van der Waals surface area contributed by atoms with Crippen LogP contribution in [0.3, 0.4) is 0 Å². The number of anilines is 1. The van der Waals surface area contributed by atoms with Crippen molar-refractivity contribution in [1.29, 1.82) is 0 Å². The molecule has 1 aromatic rings. The molecule has 0 saturated heterocycles. The Balaban J connectivity index is 2.42. The predicted molar refractivity (Wildman–Crippen MR) is 77.1 cm³/mol. The minimum absolute atomic E-state index is 0.00196. The summed E-state index contributed by atoms with van der Waals surface area (Å²) < 4.78 is 0. The fourth-order valence-corrected chi connectivity index (χ4v) is 2.62. The van der Waals surface area contributed by atoms with Gasteiger partial charge in [0.1, 0.15) is 0 Å². The van der Waals surface area contributed by atoms with Crippen molar-refractivity contribution in [2.45, 2.75) is 38.7 Å². The molecule has 0 aromatic heterocycles. The van der Waals surface area contributed by atoms with Crippen LogP contribution in [0.2, 0.25) is 0 Å². The lowest BCUT2D eigenvalue weighted by Crippen LogP contribution is -2.41. The molecule has 0 radical (unpaired) electrons. The Labute approximate surface area is 118 Å². The van der Waals surface area contributed by atoms with Gasteiger partial charge in [-0.1, -0.05) is 36.7 Å². The number of oxime groups is 1. The van der Waals surface area contributed by atoms with Gasteiger partial charge in [0.05, 0.1) is 11.4 Å². The fourth-order valence-electron chi connectivity index (χ4n) is 2.62. The van der Waals surface area contributed by atoms with Gasteiger partial charge in [0, 0.05) is 18.5 Å². The molecule has 5 heteroatoms. The second-order valence-electron chi connectivity index (χ2n) is 5.20. The van der Waals surface area contributed by atoms with Crippen molar-refractivity contribution in [2.24, 2.45) is 5.16 Å². The van der Waals surface area contributed by atoms with Gasteiger partial charge < -0.3 is 15.2 Å². The number of hydrogen-bond donors (Lipinski definition) is 2. The van der Waals surface area contributed by atoms with Crippen LogP contribution in [0, 0.1) is 0 Å². The third kappa shape index (κ3) is 2.29. The molecule has 1 amide bonds. The number of carbonyl (C=O) groups is 1. The molecule has 1 aliphatic heterocycles. The van der Waals surface area contributed by atoms with E-state index in [0.717, 1.165) is 18.5 Å². The molecule has 0 bridgehead atoms. The van der Waals surface area contributed by atoms with Crippen LogP contribution in [0.5, 0.6) is 0 Å². The molecule has 1 aliphatic rings. The van der Waals surface area contributed by atoms with E-state index >= 15 is 0 Å². The minimum Gasteiger partial charge on any atom is -0.411 e. The molecule has 1 unspecified atom stereocenters. The Morgan fingerprint density at radius 3 is 2.75 bits per heavy atom. The van der Waals surface area contributed by atoms with Crippen LogP contribution in [0.15, 0.2) is 29.4 Å². The Bertz CT molecular complexity index is 542. The zero-order valence-electron chi connectivity index (χ0n) is 11.8. The van der Waals surface area contributed by atoms with Crippen molar-refractivity contribution < 1.29 is 15.1 Å². The van der Waals surface area contributed by atoms with E-state index in [1.165, 1.54) is 0 Å². The summed E-state index contributed by atoms with van der Waals surface area (Å²) in [7, 11) is 0. The van der Waals surface area contributed by atoms with Gasteiger partial charge in [0.15, 0.2) is 5.60 Å². The highest BCUT2D eigenvalue weighted by atomic mass is 16.4. The molecule has 0 aliphatic carbocycles. The third-order valence-corrected chi connectivity index (χ3v) is 3.66. The van der Waals surface area contributed by atoms with E-state index in [0.29, 0.717) is 17.8 Å². The number of nitrogens with zero attached hydrogens (tertiary/aromatic N) is 2. The first-order valence-electron chi connectivity index (χ1n) is 6.86. The first-order chi connectivity index (χ1) is 9.54. The standard InChI is InChI=1S/C15H20N2O3/c1-3-4-9-17-13-8-6-5-7-12(13)15(19,14(17)18)10-11(2)16-20/h5-8,19-20H,3-4,9-10H2,1-2H3. The highest BCUT2D eigenvalue weighted by molar-refractivity contribution is 6.09. The van der Waals surface area contributed by atoms with Crippen molar-refractivity contribution in [3.63, 3.8) is 0 Å². The van der Waals surface area contributed by atoms with Gasteiger partial charge >= 0.3 is 0 Å². The first-order valence-corrected chi connectivity index (χ1v) is 6.86. The summed E-state index contributed by atoms with van der Waals surface area (Å²) in [4.78, 5) is 14.2. The van der Waals surface area contributed by atoms with Crippen molar-refractivity contribution >= 4 is 17.3 Å². The van der Waals surface area contributed by atoms with Crippen molar-refractivity contribution in [1.82, 2.24) is 0 Å². The van der Waals surface area contributed by atoms with Crippen LogP contribution < -0.4 is 4.90 Å². The Morgan fingerprint density at radius 1 is 1.40 bits per heavy atom. The summed E-state index contributed by atoms with van der Waals surface area (Å²) in [6.45, 7) is 4.23. The number of unbranched alkanes of at least 4 members (excludes halogenated alkanes) is 1. The van der Waals surface area contributed by atoms with Crippen molar-refractivity contribution in [3.05, 3.63) is 29.8 Å². The van der Waals surface area contributed by atoms with E-state index in [1.807, 2.05) is 12.1 Å². The number of hydrogen-bond acceptors (Lipinski definition) is 4. The van der Waals surface area contributed by atoms with Crippen LogP contribution in [0.1, 0.15) is 38.7 Å². The molecule has 108 valence electrons. The maximum absolute atomic E-state index is 12.6. The van der Waals surface area contributed by atoms with Gasteiger partial charge in [-0.05, 0) is 19.4 Å². The van der Waals surface area contributed by atoms with E-state index < -0.39 is 5.60 Å². The number of benzene rings is 1. The number of fused-ring (bicyclic) bond motifs is 1. The van der Waals surface area contributed by atoms with E-state index in [1.54, 1.807) is 24.0 Å². The average molecular weight is 276 g/mol. The number of rotatable bonds is 5. The van der Waals surface area contributed by atoms with Crippen molar-refractivity contribution in [2.75, 3.05) is 11.4 Å². The van der Waals surface area contributed by atoms with Gasteiger partial charge in [-0.2, -0.15) is 0 Å². The topological polar surface area (TPSA) is 73.1 Å². The number of amides is 1. The number of para-hydroxylation sites is 1. The molecule has 1 heterocycles. The Morgan fingerprint density at radius 2 is 2.10 bits per heavy atom. The Kier molecular flexibility index (Phi) is 4.09. The lowest BCUT2D eigenvalue weighted by molar-refractivity contribution is -0.135. The minimum atomic E-state index is -1.62. The molecule has 0 spiro atoms. The van der Waals surface area contributed by atoms with Crippen LogP contribution in [0.4, 0.5) is 5.69 Å². The average Bonchev–Trinajstić information content (AvgIpc) is 2.66. The molecule has 0 saturated carbocycles. The Hall–Kier alpha value is -1.88. The van der Waals surface area contributed by atoms with Crippen LogP contribution in [0.25, 0.3) is 0 Å². The number of carbonyl (C=O) groups excluding carboxylic acids is 1. The van der Waals surface area contributed by atoms with E-state index in [9.17, 15) is 9.90 Å². The smallest absolute Gasteiger partial charge is 0.264 e. The summed E-state index contributed by atoms with van der Waals surface area (Å²) in [5, 5.41) is 22.7. The van der Waals surface area contributed by atoms with E-state index in [4.69, 9.17) is 5.21 Å². The molecule has 2 N–H and O–H groups in total. The molecule has 1 aromatic carbocycles. The first kappa shape index (κ1) is 14.5. The zero-order chi connectivity index (χ0) is 14.8. The second kappa shape index (κ2) is 5.63. The maximum Gasteiger partial charge on any atom is 0.264 e. The van der Waals surface area contributed by atoms with Gasteiger partial charge in [-0.25, -0.2) is 0 Å². The molecule has 1 atom stereocenters. The summed E-state index contributed by atoms with van der Waals surface area (Å²) in [6, 6.07) is 7.24. The fraction of sp³-hybridized carbons (Fsp3) is 0.467. The third-order valence-electron chi connectivity index (χ3n) is 3.66. The maximum atomic E-state index is 12.6. The summed E-state index contributed by atoms with van der Waals surface area (Å²) in [5.74, 6) is -0.338. The van der Waals surface area contributed by atoms with Crippen LogP contribution >= 0.6 is 0 Å². The molecule has 5 nitrogen and oxygen atoms in total. The van der Waals surface area contributed by atoms with Crippen molar-refractivity contribution in [3.8, 4) is 0 Å². The lowest BCUT2D eigenvalue weighted by atomic mass is 9.90. The number of aliphatic hydroxyl groups is 1. The monoisotopic (exact) mass is 276 g/mol. The van der Waals surface area contributed by atoms with Crippen LogP contribution in [-0.2, 0) is 10.4 Å². The molecule has 20 heavy (non-hydrogen) atoms. The van der Waals surface area contributed by atoms with Gasteiger partial charge in [0.25, 0.3) is 5.91 Å². The van der Waals surface area contributed by atoms with E-state index in [2.05, 4.69) is 12.1 Å². The van der Waals surface area contributed by atoms with Gasteiger partial charge in [-0.15, -0.1) is 0 Å². The highest BCUT2D eigenvalue weighted by Crippen LogP contribution is 2.42. The lowest BCUT2D eigenvalue weighted by Gasteiger charge is -2.22. The molecule has 0 fully saturated rings. The quantitative estimate of drug-likeness (QED) is 0.492. The van der Waals surface area contributed by atoms with Gasteiger partial charge in [-0.3, -0.25) is 4.79 Å². The molecule has 2 rings (SSSR count). The SMILES string of the molecule is CCCCN1C(=O)C(O)(CC(C)=NO)c2ccccc21. The molecular formula is C15H20N2O3. The van der Waals surface area contributed by atoms with Crippen LogP contribution in [-0.4, -0.2) is 28.5 Å². The summed E-state index contributed by atoms with van der Waals surface area (Å²) >= 11 is 0. The largest absolute Gasteiger partial charge is 0.411 e. The highest BCUT2D eigenvalue weighted by Gasteiger charge is 2.49. The van der Waals surface area contributed by atoms with E-state index in [-0.39, 0.29) is 12.3 Å². The summed E-state index contributed by atoms with van der Waals surface area (Å²) in [6.07, 6.45) is 1.85. The normalized spacial score (nSPS) is 22.2. The predicted octanol–water partition coefficient (Wildman–Crippen LogP) is 2.26.